The fourth-order valence-corrected chi connectivity index (χ4v) is 2.02. The van der Waals surface area contributed by atoms with Crippen LogP contribution in [0.4, 0.5) is 0 Å². The van der Waals surface area contributed by atoms with Crippen molar-refractivity contribution in [3.63, 3.8) is 0 Å². The topological polar surface area (TPSA) is 73.0 Å². The Hall–Kier alpha value is -0.270. The Morgan fingerprint density at radius 2 is 1.94 bits per heavy atom. The molecule has 5 nitrogen and oxygen atoms in total. The van der Waals surface area contributed by atoms with Gasteiger partial charge in [-0.05, 0) is 6.92 Å². The number of aliphatic hydroxyl groups excluding tert-OH is 2. The number of nitrogens with zero attached hydrogens (tertiary/aromatic N) is 2. The van der Waals surface area contributed by atoms with Crippen molar-refractivity contribution in [1.82, 2.24) is 9.80 Å². The van der Waals surface area contributed by atoms with E-state index >= 15 is 0 Å². The van der Waals surface area contributed by atoms with Gasteiger partial charge in [-0.25, -0.2) is 0 Å². The fraction of sp³-hybridized carbons (Fsp3) is 0.900. The Bertz CT molecular complexity index is 232. The maximum absolute atomic E-state index is 9.33. The van der Waals surface area contributed by atoms with Gasteiger partial charge in [0.05, 0.1) is 23.7 Å². The number of nitrogens with two attached hydrogens (primary N) is 1. The summed E-state index contributed by atoms with van der Waals surface area (Å²) in [6.45, 7) is 5.93. The summed E-state index contributed by atoms with van der Waals surface area (Å²) >= 11 is 4.97. The highest BCUT2D eigenvalue weighted by Gasteiger charge is 2.23. The van der Waals surface area contributed by atoms with E-state index in [1.54, 1.807) is 0 Å². The third-order valence-electron chi connectivity index (χ3n) is 3.05. The summed E-state index contributed by atoms with van der Waals surface area (Å²) in [7, 11) is 0. The standard InChI is InChI=1S/C10H21N3O2S/c1-8(10(11)16)13-4-2-12(3-5-13)6-9(15)7-14/h8-9,14-15H,2-7H2,1H3,(H2,11,16). The van der Waals surface area contributed by atoms with Crippen LogP contribution in [0.2, 0.25) is 0 Å². The Morgan fingerprint density at radius 1 is 1.38 bits per heavy atom. The van der Waals surface area contributed by atoms with Gasteiger partial charge in [-0.2, -0.15) is 0 Å². The van der Waals surface area contributed by atoms with Crippen LogP contribution in [0.5, 0.6) is 0 Å². The van der Waals surface area contributed by atoms with E-state index < -0.39 is 6.10 Å². The minimum atomic E-state index is -0.639. The number of aliphatic hydroxyl groups is 2. The summed E-state index contributed by atoms with van der Waals surface area (Å²) < 4.78 is 0. The zero-order valence-corrected chi connectivity index (χ0v) is 10.5. The van der Waals surface area contributed by atoms with Crippen LogP contribution in [0.3, 0.4) is 0 Å². The minimum Gasteiger partial charge on any atom is -0.394 e. The molecule has 0 aromatic heterocycles. The molecule has 1 rings (SSSR count). The number of rotatable bonds is 5. The smallest absolute Gasteiger partial charge is 0.0899 e. The van der Waals surface area contributed by atoms with Crippen LogP contribution in [-0.2, 0) is 0 Å². The molecule has 0 aromatic rings. The van der Waals surface area contributed by atoms with E-state index in [9.17, 15) is 5.11 Å². The highest BCUT2D eigenvalue weighted by atomic mass is 32.1. The fourth-order valence-electron chi connectivity index (χ4n) is 1.87. The summed E-state index contributed by atoms with van der Waals surface area (Å²) in [5.41, 5.74) is 5.61. The van der Waals surface area contributed by atoms with Gasteiger partial charge in [0.15, 0.2) is 0 Å². The van der Waals surface area contributed by atoms with Gasteiger partial charge in [-0.3, -0.25) is 9.80 Å². The number of β-amino-alcohol motifs (C(OH)–C–C–N with tert-alkyl or cyclic N) is 1. The second kappa shape index (κ2) is 6.46. The summed E-state index contributed by atoms with van der Waals surface area (Å²) in [6, 6.07) is 0.139. The van der Waals surface area contributed by atoms with Gasteiger partial charge in [-0.1, -0.05) is 12.2 Å². The van der Waals surface area contributed by atoms with Gasteiger partial charge in [-0.15, -0.1) is 0 Å². The van der Waals surface area contributed by atoms with Crippen molar-refractivity contribution in [2.24, 2.45) is 5.73 Å². The first-order chi connectivity index (χ1) is 7.54. The maximum atomic E-state index is 9.33. The van der Waals surface area contributed by atoms with E-state index in [0.29, 0.717) is 11.5 Å². The van der Waals surface area contributed by atoms with Crippen LogP contribution in [-0.4, -0.2) is 76.5 Å². The van der Waals surface area contributed by atoms with Gasteiger partial charge in [0.2, 0.25) is 0 Å². The van der Waals surface area contributed by atoms with E-state index in [-0.39, 0.29) is 12.6 Å². The first kappa shape index (κ1) is 13.8. The van der Waals surface area contributed by atoms with Crippen molar-refractivity contribution in [2.45, 2.75) is 19.1 Å². The molecule has 0 amide bonds. The molecule has 94 valence electrons. The van der Waals surface area contributed by atoms with Crippen LogP contribution in [0.15, 0.2) is 0 Å². The van der Waals surface area contributed by atoms with Gasteiger partial charge < -0.3 is 15.9 Å². The van der Waals surface area contributed by atoms with Crippen molar-refractivity contribution >= 4 is 17.2 Å². The Morgan fingerprint density at radius 3 is 2.38 bits per heavy atom. The van der Waals surface area contributed by atoms with Crippen molar-refractivity contribution in [2.75, 3.05) is 39.3 Å². The Labute approximate surface area is 102 Å². The van der Waals surface area contributed by atoms with Crippen LogP contribution in [0.1, 0.15) is 6.92 Å². The molecule has 0 saturated carbocycles. The van der Waals surface area contributed by atoms with E-state index in [0.717, 1.165) is 26.2 Å². The highest BCUT2D eigenvalue weighted by Crippen LogP contribution is 2.07. The molecule has 2 unspecified atom stereocenters. The molecule has 0 aromatic carbocycles. The average molecular weight is 247 g/mol. The number of piperazine rings is 1. The largest absolute Gasteiger partial charge is 0.394 e. The van der Waals surface area contributed by atoms with E-state index in [1.165, 1.54) is 0 Å². The molecular weight excluding hydrogens is 226 g/mol. The van der Waals surface area contributed by atoms with E-state index in [1.807, 2.05) is 6.92 Å². The molecule has 6 heteroatoms. The summed E-state index contributed by atoms with van der Waals surface area (Å²) in [5, 5.41) is 18.1. The average Bonchev–Trinajstić information content (AvgIpc) is 2.28. The summed E-state index contributed by atoms with van der Waals surface area (Å²) in [5.74, 6) is 0. The molecule has 1 saturated heterocycles. The van der Waals surface area contributed by atoms with Gasteiger partial charge in [0.25, 0.3) is 0 Å². The first-order valence-corrected chi connectivity index (χ1v) is 6.00. The predicted molar refractivity (Wildman–Crippen MR) is 67.4 cm³/mol. The van der Waals surface area contributed by atoms with E-state index in [4.69, 9.17) is 23.1 Å². The summed E-state index contributed by atoms with van der Waals surface area (Å²) in [4.78, 5) is 4.91. The van der Waals surface area contributed by atoms with Crippen LogP contribution < -0.4 is 5.73 Å². The van der Waals surface area contributed by atoms with Crippen molar-refractivity contribution in [3.05, 3.63) is 0 Å². The predicted octanol–water partition coefficient (Wildman–Crippen LogP) is -1.37. The molecule has 1 aliphatic heterocycles. The molecular formula is C10H21N3O2S. The van der Waals surface area contributed by atoms with Gasteiger partial charge >= 0.3 is 0 Å². The third-order valence-corrected chi connectivity index (χ3v) is 3.39. The zero-order chi connectivity index (χ0) is 12.1. The molecule has 1 aliphatic rings. The van der Waals surface area contributed by atoms with Crippen molar-refractivity contribution < 1.29 is 10.2 Å². The number of hydrogen-bond acceptors (Lipinski definition) is 5. The minimum absolute atomic E-state index is 0.139. The Kier molecular flexibility index (Phi) is 5.57. The Balaban J connectivity index is 2.31. The quantitative estimate of drug-likeness (QED) is 0.521. The van der Waals surface area contributed by atoms with Crippen molar-refractivity contribution in [3.8, 4) is 0 Å². The normalized spacial score (nSPS) is 22.9. The molecule has 1 heterocycles. The number of hydrogen-bond donors (Lipinski definition) is 3. The molecule has 0 radical (unpaired) electrons. The lowest BCUT2D eigenvalue weighted by Crippen LogP contribution is -2.53. The zero-order valence-electron chi connectivity index (χ0n) is 9.67. The van der Waals surface area contributed by atoms with Crippen LogP contribution in [0.25, 0.3) is 0 Å². The second-order valence-electron chi connectivity index (χ2n) is 4.25. The maximum Gasteiger partial charge on any atom is 0.0899 e. The first-order valence-electron chi connectivity index (χ1n) is 5.59. The SMILES string of the molecule is CC(C(N)=S)N1CCN(CC(O)CO)CC1. The summed E-state index contributed by atoms with van der Waals surface area (Å²) in [6.07, 6.45) is -0.639. The monoisotopic (exact) mass is 247 g/mol. The molecule has 4 N–H and O–H groups in total. The van der Waals surface area contributed by atoms with E-state index in [2.05, 4.69) is 9.80 Å². The third kappa shape index (κ3) is 3.95. The van der Waals surface area contributed by atoms with Gasteiger partial charge in [0.1, 0.15) is 0 Å². The molecule has 1 fully saturated rings. The van der Waals surface area contributed by atoms with Crippen molar-refractivity contribution in [1.29, 1.82) is 0 Å². The molecule has 0 aliphatic carbocycles. The highest BCUT2D eigenvalue weighted by molar-refractivity contribution is 7.80. The van der Waals surface area contributed by atoms with Crippen LogP contribution >= 0.6 is 12.2 Å². The molecule has 0 bridgehead atoms. The molecule has 2 atom stereocenters. The number of thiocarbonyl (C=S) groups is 1. The second-order valence-corrected chi connectivity index (χ2v) is 4.72. The molecule has 0 spiro atoms. The van der Waals surface area contributed by atoms with Crippen LogP contribution in [0, 0.1) is 0 Å². The van der Waals surface area contributed by atoms with Gasteiger partial charge in [0, 0.05) is 32.7 Å². The lowest BCUT2D eigenvalue weighted by Gasteiger charge is -2.38. The lowest BCUT2D eigenvalue weighted by molar-refractivity contribution is 0.0375. The molecule has 16 heavy (non-hydrogen) atoms. The lowest BCUT2D eigenvalue weighted by atomic mass is 10.2.